The molecule has 132 valence electrons. The quantitative estimate of drug-likeness (QED) is 0.712. The number of amides is 2. The molecular weight excluding hydrogens is 322 g/mol. The summed E-state index contributed by atoms with van der Waals surface area (Å²) < 4.78 is 5.63. The molecule has 2 aromatic rings. The number of hydrogen-bond donors (Lipinski definition) is 3. The van der Waals surface area contributed by atoms with Crippen LogP contribution in [0.2, 0.25) is 0 Å². The lowest BCUT2D eigenvalue weighted by molar-refractivity contribution is -0.137. The Balaban J connectivity index is 1.87. The molecule has 0 saturated heterocycles. The third kappa shape index (κ3) is 6.50. The zero-order valence-electron chi connectivity index (χ0n) is 14.2. The average molecular weight is 343 g/mol. The number of urea groups is 1. The summed E-state index contributed by atoms with van der Waals surface area (Å²) in [6.45, 7) is 3.53. The van der Waals surface area contributed by atoms with Gasteiger partial charge >= 0.3 is 12.0 Å². The summed E-state index contributed by atoms with van der Waals surface area (Å²) in [7, 11) is 0. The molecule has 1 aromatic carbocycles. The first-order valence-electron chi connectivity index (χ1n) is 7.84. The summed E-state index contributed by atoms with van der Waals surface area (Å²) in [5.41, 5.74) is -0.640. The highest BCUT2D eigenvalue weighted by atomic mass is 16.5. The number of para-hydroxylation sites is 1. The van der Waals surface area contributed by atoms with E-state index in [0.29, 0.717) is 23.7 Å². The third-order valence-corrected chi connectivity index (χ3v) is 3.37. The fraction of sp³-hybridized carbons (Fsp3) is 0.278. The van der Waals surface area contributed by atoms with Gasteiger partial charge in [0.1, 0.15) is 17.3 Å². The fourth-order valence-corrected chi connectivity index (χ4v) is 2.08. The van der Waals surface area contributed by atoms with Crippen LogP contribution in [0, 0.1) is 0 Å². The van der Waals surface area contributed by atoms with Gasteiger partial charge in [0, 0.05) is 12.0 Å². The summed E-state index contributed by atoms with van der Waals surface area (Å²) in [4.78, 5) is 26.8. The minimum Gasteiger partial charge on any atom is -0.481 e. The van der Waals surface area contributed by atoms with Crippen LogP contribution >= 0.6 is 0 Å². The summed E-state index contributed by atoms with van der Waals surface area (Å²) >= 11 is 0. The molecular formula is C18H21N3O4. The second kappa shape index (κ2) is 8.14. The van der Waals surface area contributed by atoms with E-state index in [4.69, 9.17) is 9.84 Å². The van der Waals surface area contributed by atoms with Crippen LogP contribution in [0.25, 0.3) is 0 Å². The van der Waals surface area contributed by atoms with Gasteiger partial charge in [0.05, 0.1) is 6.20 Å². The second-order valence-electron chi connectivity index (χ2n) is 6.15. The summed E-state index contributed by atoms with van der Waals surface area (Å²) in [6.07, 6.45) is 1.82. The van der Waals surface area contributed by atoms with Crippen LogP contribution in [0.15, 0.2) is 48.7 Å². The molecule has 7 nitrogen and oxygen atoms in total. The molecule has 1 aromatic heterocycles. The van der Waals surface area contributed by atoms with Crippen molar-refractivity contribution in [3.63, 3.8) is 0 Å². The van der Waals surface area contributed by atoms with E-state index in [-0.39, 0.29) is 6.42 Å². The van der Waals surface area contributed by atoms with E-state index in [0.717, 1.165) is 0 Å². The zero-order chi connectivity index (χ0) is 18.3. The van der Waals surface area contributed by atoms with Gasteiger partial charge in [0.15, 0.2) is 0 Å². The van der Waals surface area contributed by atoms with Crippen molar-refractivity contribution in [3.8, 4) is 11.5 Å². The minimum absolute atomic E-state index is 0.0168. The number of nitrogens with one attached hydrogen (secondary N) is 2. The molecule has 1 heterocycles. The SMILES string of the molecule is CC(C)(CCC(=O)O)NC(=O)Nc1ccc(Oc2ccccc2)cn1. The maximum Gasteiger partial charge on any atom is 0.320 e. The fourth-order valence-electron chi connectivity index (χ4n) is 2.08. The lowest BCUT2D eigenvalue weighted by atomic mass is 9.99. The summed E-state index contributed by atoms with van der Waals surface area (Å²) in [6, 6.07) is 12.2. The number of carbonyl (C=O) groups excluding carboxylic acids is 1. The molecule has 0 radical (unpaired) electrons. The van der Waals surface area contributed by atoms with Crippen LogP contribution in [0.5, 0.6) is 11.5 Å². The normalized spacial score (nSPS) is 10.8. The number of carboxylic acids is 1. The number of benzene rings is 1. The number of hydrogen-bond acceptors (Lipinski definition) is 4. The summed E-state index contributed by atoms with van der Waals surface area (Å²) in [5, 5.41) is 14.1. The standard InChI is InChI=1S/C18H21N3O4/c1-18(2,11-10-16(22)23)21-17(24)20-15-9-8-14(12-19-15)25-13-6-4-3-5-7-13/h3-9,12H,10-11H2,1-2H3,(H,22,23)(H2,19,20,21,24). The van der Waals surface area contributed by atoms with Crippen molar-refractivity contribution in [1.82, 2.24) is 10.3 Å². The summed E-state index contributed by atoms with van der Waals surface area (Å²) in [5.74, 6) is 0.722. The van der Waals surface area contributed by atoms with Crippen LogP contribution in [-0.2, 0) is 4.79 Å². The minimum atomic E-state index is -0.897. The lowest BCUT2D eigenvalue weighted by Crippen LogP contribution is -2.45. The molecule has 25 heavy (non-hydrogen) atoms. The molecule has 0 aliphatic heterocycles. The first-order chi connectivity index (χ1) is 11.8. The van der Waals surface area contributed by atoms with Crippen molar-refractivity contribution < 1.29 is 19.4 Å². The zero-order valence-corrected chi connectivity index (χ0v) is 14.2. The Morgan fingerprint density at radius 1 is 1.12 bits per heavy atom. The number of rotatable bonds is 7. The van der Waals surface area contributed by atoms with Gasteiger partial charge in [-0.1, -0.05) is 18.2 Å². The number of anilines is 1. The van der Waals surface area contributed by atoms with Gasteiger partial charge in [-0.25, -0.2) is 9.78 Å². The maximum absolute atomic E-state index is 12.0. The van der Waals surface area contributed by atoms with Crippen molar-refractivity contribution in [2.24, 2.45) is 0 Å². The number of aliphatic carboxylic acids is 1. The number of pyridine rings is 1. The molecule has 0 atom stereocenters. The Morgan fingerprint density at radius 3 is 2.44 bits per heavy atom. The van der Waals surface area contributed by atoms with Crippen molar-refractivity contribution in [2.45, 2.75) is 32.2 Å². The molecule has 2 amide bonds. The number of ether oxygens (including phenoxy) is 1. The van der Waals surface area contributed by atoms with Crippen LogP contribution in [0.3, 0.4) is 0 Å². The number of aromatic nitrogens is 1. The highest BCUT2D eigenvalue weighted by Crippen LogP contribution is 2.21. The Bertz CT molecular complexity index is 715. The van der Waals surface area contributed by atoms with E-state index in [1.807, 2.05) is 30.3 Å². The maximum atomic E-state index is 12.0. The molecule has 0 spiro atoms. The van der Waals surface area contributed by atoms with E-state index in [9.17, 15) is 9.59 Å². The third-order valence-electron chi connectivity index (χ3n) is 3.37. The van der Waals surface area contributed by atoms with Crippen LogP contribution < -0.4 is 15.4 Å². The van der Waals surface area contributed by atoms with Crippen molar-refractivity contribution in [1.29, 1.82) is 0 Å². The number of carbonyl (C=O) groups is 2. The van der Waals surface area contributed by atoms with Crippen molar-refractivity contribution in [3.05, 3.63) is 48.7 Å². The van der Waals surface area contributed by atoms with E-state index in [2.05, 4.69) is 15.6 Å². The predicted octanol–water partition coefficient (Wildman–Crippen LogP) is 3.64. The Kier molecular flexibility index (Phi) is 5.94. The Hall–Kier alpha value is -3.09. The predicted molar refractivity (Wildman–Crippen MR) is 93.9 cm³/mol. The highest BCUT2D eigenvalue weighted by Gasteiger charge is 2.21. The molecule has 0 fully saturated rings. The first-order valence-corrected chi connectivity index (χ1v) is 7.84. The molecule has 0 aliphatic carbocycles. The van der Waals surface area contributed by atoms with Gasteiger partial charge < -0.3 is 15.2 Å². The van der Waals surface area contributed by atoms with Gasteiger partial charge in [-0.3, -0.25) is 10.1 Å². The van der Waals surface area contributed by atoms with Gasteiger partial charge in [0.2, 0.25) is 0 Å². The monoisotopic (exact) mass is 343 g/mol. The van der Waals surface area contributed by atoms with E-state index in [1.165, 1.54) is 6.20 Å². The molecule has 0 unspecified atom stereocenters. The van der Waals surface area contributed by atoms with E-state index < -0.39 is 17.5 Å². The average Bonchev–Trinajstić information content (AvgIpc) is 2.55. The molecule has 0 bridgehead atoms. The van der Waals surface area contributed by atoms with Gasteiger partial charge in [-0.2, -0.15) is 0 Å². The van der Waals surface area contributed by atoms with Crippen LogP contribution in [-0.4, -0.2) is 27.6 Å². The first kappa shape index (κ1) is 18.3. The van der Waals surface area contributed by atoms with Crippen LogP contribution in [0.1, 0.15) is 26.7 Å². The van der Waals surface area contributed by atoms with Crippen LogP contribution in [0.4, 0.5) is 10.6 Å². The Labute approximate surface area is 146 Å². The largest absolute Gasteiger partial charge is 0.481 e. The molecule has 2 rings (SSSR count). The second-order valence-corrected chi connectivity index (χ2v) is 6.15. The number of carboxylic acid groups (broad SMARTS) is 1. The Morgan fingerprint density at radius 2 is 1.84 bits per heavy atom. The van der Waals surface area contributed by atoms with Gasteiger partial charge in [0.25, 0.3) is 0 Å². The molecule has 0 saturated carbocycles. The lowest BCUT2D eigenvalue weighted by Gasteiger charge is -2.25. The van der Waals surface area contributed by atoms with Crippen molar-refractivity contribution in [2.75, 3.05) is 5.32 Å². The highest BCUT2D eigenvalue weighted by molar-refractivity contribution is 5.88. The van der Waals surface area contributed by atoms with E-state index in [1.54, 1.807) is 26.0 Å². The van der Waals surface area contributed by atoms with E-state index >= 15 is 0 Å². The molecule has 3 N–H and O–H groups in total. The number of nitrogens with zero attached hydrogens (tertiary/aromatic N) is 1. The van der Waals surface area contributed by atoms with Gasteiger partial charge in [-0.15, -0.1) is 0 Å². The molecule has 0 aliphatic rings. The van der Waals surface area contributed by atoms with Gasteiger partial charge in [-0.05, 0) is 44.5 Å². The topological polar surface area (TPSA) is 101 Å². The smallest absolute Gasteiger partial charge is 0.320 e. The molecule has 7 heteroatoms. The van der Waals surface area contributed by atoms with Crippen molar-refractivity contribution >= 4 is 17.8 Å².